The third-order valence-electron chi connectivity index (χ3n) is 4.53. The molecule has 1 aliphatic rings. The first kappa shape index (κ1) is 16.5. The summed E-state index contributed by atoms with van der Waals surface area (Å²) in [5.74, 6) is 0.869. The van der Waals surface area contributed by atoms with Crippen LogP contribution in [0, 0.1) is 0 Å². The molecule has 2 aromatic rings. The SMILES string of the molecule is COc1ccccc1-c1cccc(C(=O)N2CCC[C@@H](OC)C2)c1. The van der Waals surface area contributed by atoms with Crippen molar-refractivity contribution in [1.82, 2.24) is 4.90 Å². The minimum absolute atomic E-state index is 0.0634. The topological polar surface area (TPSA) is 38.8 Å². The van der Waals surface area contributed by atoms with Gasteiger partial charge in [-0.3, -0.25) is 4.79 Å². The van der Waals surface area contributed by atoms with Gasteiger partial charge in [-0.05, 0) is 36.6 Å². The average molecular weight is 325 g/mol. The van der Waals surface area contributed by atoms with Crippen molar-refractivity contribution in [1.29, 1.82) is 0 Å². The Morgan fingerprint density at radius 3 is 2.75 bits per heavy atom. The highest BCUT2D eigenvalue weighted by molar-refractivity contribution is 5.95. The molecule has 0 radical (unpaired) electrons. The van der Waals surface area contributed by atoms with Gasteiger partial charge in [-0.15, -0.1) is 0 Å². The molecule has 1 atom stereocenters. The van der Waals surface area contributed by atoms with Crippen LogP contribution in [-0.4, -0.2) is 44.2 Å². The molecular formula is C20H23NO3. The van der Waals surface area contributed by atoms with Crippen molar-refractivity contribution in [3.8, 4) is 16.9 Å². The molecule has 0 aliphatic carbocycles. The molecule has 0 bridgehead atoms. The summed E-state index contributed by atoms with van der Waals surface area (Å²) in [4.78, 5) is 14.7. The minimum atomic E-state index is 0.0634. The lowest BCUT2D eigenvalue weighted by atomic mass is 10.0. The van der Waals surface area contributed by atoms with Crippen molar-refractivity contribution in [2.45, 2.75) is 18.9 Å². The molecule has 24 heavy (non-hydrogen) atoms. The Kier molecular flexibility index (Phi) is 5.16. The van der Waals surface area contributed by atoms with Gasteiger partial charge in [-0.1, -0.05) is 30.3 Å². The highest BCUT2D eigenvalue weighted by Gasteiger charge is 2.24. The molecule has 0 unspecified atom stereocenters. The molecule has 4 heteroatoms. The molecule has 1 saturated heterocycles. The summed E-state index contributed by atoms with van der Waals surface area (Å²) in [6.45, 7) is 1.45. The van der Waals surface area contributed by atoms with E-state index in [2.05, 4.69) is 0 Å². The Morgan fingerprint density at radius 1 is 1.12 bits per heavy atom. The van der Waals surface area contributed by atoms with Crippen LogP contribution in [0.25, 0.3) is 11.1 Å². The molecule has 3 rings (SSSR count). The Balaban J connectivity index is 1.86. The lowest BCUT2D eigenvalue weighted by Gasteiger charge is -2.32. The van der Waals surface area contributed by atoms with E-state index < -0.39 is 0 Å². The smallest absolute Gasteiger partial charge is 0.253 e. The van der Waals surface area contributed by atoms with E-state index in [-0.39, 0.29) is 12.0 Å². The molecule has 0 saturated carbocycles. The molecule has 0 N–H and O–H groups in total. The van der Waals surface area contributed by atoms with Crippen LogP contribution in [0.3, 0.4) is 0 Å². The molecule has 0 aromatic heterocycles. The number of methoxy groups -OCH3 is 2. The summed E-state index contributed by atoms with van der Waals surface area (Å²) in [5, 5.41) is 0. The summed E-state index contributed by atoms with van der Waals surface area (Å²) in [6.07, 6.45) is 2.14. The summed E-state index contributed by atoms with van der Waals surface area (Å²) >= 11 is 0. The highest BCUT2D eigenvalue weighted by Crippen LogP contribution is 2.30. The third kappa shape index (κ3) is 3.44. The van der Waals surface area contributed by atoms with Crippen LogP contribution in [0.4, 0.5) is 0 Å². The molecule has 0 spiro atoms. The summed E-state index contributed by atoms with van der Waals surface area (Å²) in [7, 11) is 3.37. The van der Waals surface area contributed by atoms with Crippen LogP contribution < -0.4 is 4.74 Å². The Morgan fingerprint density at radius 2 is 1.96 bits per heavy atom. The maximum Gasteiger partial charge on any atom is 0.253 e. The van der Waals surface area contributed by atoms with Gasteiger partial charge < -0.3 is 14.4 Å². The van der Waals surface area contributed by atoms with Crippen LogP contribution >= 0.6 is 0 Å². The van der Waals surface area contributed by atoms with Gasteiger partial charge >= 0.3 is 0 Å². The number of piperidine rings is 1. The van der Waals surface area contributed by atoms with Crippen LogP contribution in [-0.2, 0) is 4.74 Å². The van der Waals surface area contributed by atoms with Crippen molar-refractivity contribution in [3.05, 3.63) is 54.1 Å². The fourth-order valence-electron chi connectivity index (χ4n) is 3.20. The van der Waals surface area contributed by atoms with Crippen molar-refractivity contribution >= 4 is 5.91 Å². The summed E-state index contributed by atoms with van der Waals surface area (Å²) in [5.41, 5.74) is 2.68. The zero-order valence-electron chi connectivity index (χ0n) is 14.2. The van der Waals surface area contributed by atoms with Crippen LogP contribution in [0.5, 0.6) is 5.75 Å². The van der Waals surface area contributed by atoms with Crippen molar-refractivity contribution in [2.24, 2.45) is 0 Å². The normalized spacial score (nSPS) is 17.6. The standard InChI is InChI=1S/C20H23NO3/c1-23-17-9-6-12-21(14-17)20(22)16-8-5-7-15(13-16)18-10-3-4-11-19(18)24-2/h3-5,7-8,10-11,13,17H,6,9,12,14H2,1-2H3/t17-/m1/s1. The van der Waals surface area contributed by atoms with E-state index in [9.17, 15) is 4.79 Å². The van der Waals surface area contributed by atoms with Gasteiger partial charge in [0.05, 0.1) is 13.2 Å². The van der Waals surface area contributed by atoms with E-state index >= 15 is 0 Å². The van der Waals surface area contributed by atoms with Crippen LogP contribution in [0.1, 0.15) is 23.2 Å². The Labute approximate surface area is 143 Å². The lowest BCUT2D eigenvalue weighted by Crippen LogP contribution is -2.42. The number of hydrogen-bond acceptors (Lipinski definition) is 3. The highest BCUT2D eigenvalue weighted by atomic mass is 16.5. The number of para-hydroxylation sites is 1. The van der Waals surface area contributed by atoms with E-state index in [4.69, 9.17) is 9.47 Å². The molecule has 126 valence electrons. The van der Waals surface area contributed by atoms with Crippen molar-refractivity contribution in [3.63, 3.8) is 0 Å². The van der Waals surface area contributed by atoms with Gasteiger partial charge in [0.1, 0.15) is 5.75 Å². The molecular weight excluding hydrogens is 302 g/mol. The third-order valence-corrected chi connectivity index (χ3v) is 4.53. The maximum absolute atomic E-state index is 12.8. The van der Waals surface area contributed by atoms with Gasteiger partial charge in [0, 0.05) is 31.3 Å². The number of ether oxygens (including phenoxy) is 2. The number of hydrogen-bond donors (Lipinski definition) is 0. The molecule has 1 heterocycles. The predicted octanol–water partition coefficient (Wildman–Crippen LogP) is 3.61. The van der Waals surface area contributed by atoms with E-state index in [1.165, 1.54) is 0 Å². The van der Waals surface area contributed by atoms with Gasteiger partial charge in [-0.2, -0.15) is 0 Å². The van der Waals surface area contributed by atoms with Crippen molar-refractivity contribution in [2.75, 3.05) is 27.3 Å². The largest absolute Gasteiger partial charge is 0.496 e. The average Bonchev–Trinajstić information content (AvgIpc) is 2.67. The minimum Gasteiger partial charge on any atom is -0.496 e. The monoisotopic (exact) mass is 325 g/mol. The van der Waals surface area contributed by atoms with Crippen LogP contribution in [0.2, 0.25) is 0 Å². The van der Waals surface area contributed by atoms with Crippen molar-refractivity contribution < 1.29 is 14.3 Å². The van der Waals surface area contributed by atoms with Gasteiger partial charge in [-0.25, -0.2) is 0 Å². The number of carbonyl (C=O) groups excluding carboxylic acids is 1. The van der Waals surface area contributed by atoms with E-state index in [1.807, 2.05) is 53.4 Å². The second-order valence-corrected chi connectivity index (χ2v) is 6.03. The summed E-state index contributed by atoms with van der Waals surface area (Å²) < 4.78 is 10.9. The van der Waals surface area contributed by atoms with E-state index in [1.54, 1.807) is 14.2 Å². The van der Waals surface area contributed by atoms with Gasteiger partial charge in [0.2, 0.25) is 0 Å². The molecule has 1 amide bonds. The first-order valence-corrected chi connectivity index (χ1v) is 8.28. The molecule has 4 nitrogen and oxygen atoms in total. The number of likely N-dealkylation sites (tertiary alicyclic amines) is 1. The zero-order valence-corrected chi connectivity index (χ0v) is 14.2. The van der Waals surface area contributed by atoms with E-state index in [0.717, 1.165) is 36.3 Å². The van der Waals surface area contributed by atoms with Gasteiger partial charge in [0.15, 0.2) is 0 Å². The number of benzene rings is 2. The maximum atomic E-state index is 12.8. The number of nitrogens with zero attached hydrogens (tertiary/aromatic N) is 1. The lowest BCUT2D eigenvalue weighted by molar-refractivity contribution is 0.0269. The predicted molar refractivity (Wildman–Crippen MR) is 94.4 cm³/mol. The number of carbonyl (C=O) groups is 1. The van der Waals surface area contributed by atoms with Gasteiger partial charge in [0.25, 0.3) is 5.91 Å². The molecule has 1 aliphatic heterocycles. The first-order chi connectivity index (χ1) is 11.7. The second kappa shape index (κ2) is 7.49. The Hall–Kier alpha value is -2.33. The zero-order chi connectivity index (χ0) is 16.9. The molecule has 1 fully saturated rings. The molecule has 2 aromatic carbocycles. The summed E-state index contributed by atoms with van der Waals surface area (Å²) in [6, 6.07) is 15.6. The Bertz CT molecular complexity index is 714. The fraction of sp³-hybridized carbons (Fsp3) is 0.350. The fourth-order valence-corrected chi connectivity index (χ4v) is 3.20. The number of amides is 1. The van der Waals surface area contributed by atoms with E-state index in [0.29, 0.717) is 12.1 Å². The quantitative estimate of drug-likeness (QED) is 0.862. The second-order valence-electron chi connectivity index (χ2n) is 6.03. The van der Waals surface area contributed by atoms with Crippen LogP contribution in [0.15, 0.2) is 48.5 Å². The number of rotatable bonds is 4. The first-order valence-electron chi connectivity index (χ1n) is 8.28.